The van der Waals surface area contributed by atoms with Crippen molar-refractivity contribution in [1.29, 1.82) is 0 Å². The van der Waals surface area contributed by atoms with Gasteiger partial charge in [0.25, 0.3) is 0 Å². The van der Waals surface area contributed by atoms with Gasteiger partial charge in [0.05, 0.1) is 24.1 Å². The Labute approximate surface area is 170 Å². The summed E-state index contributed by atoms with van der Waals surface area (Å²) in [5, 5.41) is 8.69. The van der Waals surface area contributed by atoms with Crippen molar-refractivity contribution < 1.29 is 9.21 Å². The molecule has 0 fully saturated rings. The average molecular weight is 387 g/mol. The van der Waals surface area contributed by atoms with Crippen LogP contribution < -0.4 is 5.32 Å². The highest BCUT2D eigenvalue weighted by molar-refractivity contribution is 5.88. The molecule has 1 N–H and O–H groups in total. The van der Waals surface area contributed by atoms with Gasteiger partial charge >= 0.3 is 0 Å². The number of nitrogens with one attached hydrogen (secondary N) is 1. The molecule has 0 aliphatic rings. The summed E-state index contributed by atoms with van der Waals surface area (Å²) >= 11 is 0. The molecule has 5 heteroatoms. The minimum Gasteiger partial charge on any atom is -0.464 e. The Hall–Kier alpha value is -3.34. The molecule has 4 rings (SSSR count). The van der Waals surface area contributed by atoms with Gasteiger partial charge in [-0.05, 0) is 63.1 Å². The van der Waals surface area contributed by atoms with E-state index >= 15 is 0 Å². The molecule has 0 saturated heterocycles. The molecule has 0 spiro atoms. The molecular formula is C24H25N3O2. The van der Waals surface area contributed by atoms with Gasteiger partial charge in [-0.3, -0.25) is 4.79 Å². The number of nitrogens with zero attached hydrogens (tertiary/aromatic N) is 2. The van der Waals surface area contributed by atoms with Gasteiger partial charge in [0.15, 0.2) is 0 Å². The second kappa shape index (κ2) is 7.59. The van der Waals surface area contributed by atoms with Crippen LogP contribution in [0.5, 0.6) is 0 Å². The number of aryl methyl sites for hydroxylation is 3. The van der Waals surface area contributed by atoms with E-state index < -0.39 is 0 Å². The number of amides is 1. The van der Waals surface area contributed by atoms with Crippen LogP contribution in [0.1, 0.15) is 33.6 Å². The maximum absolute atomic E-state index is 12.6. The zero-order chi connectivity index (χ0) is 20.5. The van der Waals surface area contributed by atoms with Crippen LogP contribution >= 0.6 is 0 Å². The van der Waals surface area contributed by atoms with Crippen LogP contribution in [-0.2, 0) is 17.8 Å². The predicted molar refractivity (Wildman–Crippen MR) is 114 cm³/mol. The van der Waals surface area contributed by atoms with Gasteiger partial charge in [0.1, 0.15) is 5.58 Å². The van der Waals surface area contributed by atoms with E-state index in [2.05, 4.69) is 30.3 Å². The quantitative estimate of drug-likeness (QED) is 0.539. The molecule has 29 heavy (non-hydrogen) atoms. The summed E-state index contributed by atoms with van der Waals surface area (Å²) in [4.78, 5) is 12.6. The standard InChI is InChI=1S/C24H25N3O2/c1-15-10-21-19(14-29-23(21)11-16(15)2)12-24(28)25-13-22-17(3)26-27(18(22)4)20-8-6-5-7-9-20/h5-11,14H,12-13H2,1-4H3,(H,25,28). The van der Waals surface area contributed by atoms with Gasteiger partial charge < -0.3 is 9.73 Å². The van der Waals surface area contributed by atoms with Gasteiger partial charge in [-0.2, -0.15) is 5.10 Å². The maximum atomic E-state index is 12.6. The Balaban J connectivity index is 1.48. The summed E-state index contributed by atoms with van der Waals surface area (Å²) in [6.07, 6.45) is 1.98. The zero-order valence-corrected chi connectivity index (χ0v) is 17.2. The van der Waals surface area contributed by atoms with Crippen molar-refractivity contribution in [2.75, 3.05) is 0 Å². The van der Waals surface area contributed by atoms with Crippen LogP contribution in [0.2, 0.25) is 0 Å². The van der Waals surface area contributed by atoms with Crippen LogP contribution in [0.25, 0.3) is 16.7 Å². The van der Waals surface area contributed by atoms with Crippen LogP contribution in [0.3, 0.4) is 0 Å². The smallest absolute Gasteiger partial charge is 0.224 e. The fourth-order valence-electron chi connectivity index (χ4n) is 3.65. The molecule has 0 unspecified atom stereocenters. The number of rotatable bonds is 5. The van der Waals surface area contributed by atoms with Gasteiger partial charge in [0, 0.05) is 28.8 Å². The fraction of sp³-hybridized carbons (Fsp3) is 0.250. The molecule has 4 aromatic rings. The third kappa shape index (κ3) is 3.68. The van der Waals surface area contributed by atoms with E-state index in [4.69, 9.17) is 4.42 Å². The molecule has 2 heterocycles. The number of hydrogen-bond acceptors (Lipinski definition) is 3. The van der Waals surface area contributed by atoms with Crippen LogP contribution in [-0.4, -0.2) is 15.7 Å². The van der Waals surface area contributed by atoms with Crippen molar-refractivity contribution >= 4 is 16.9 Å². The van der Waals surface area contributed by atoms with Crippen LogP contribution in [0.15, 0.2) is 53.1 Å². The van der Waals surface area contributed by atoms with Crippen LogP contribution in [0, 0.1) is 27.7 Å². The third-order valence-electron chi connectivity index (χ3n) is 5.53. The van der Waals surface area contributed by atoms with Crippen molar-refractivity contribution in [3.05, 3.63) is 82.4 Å². The topological polar surface area (TPSA) is 60.1 Å². The Bertz CT molecular complexity index is 1190. The number of benzene rings is 2. The van der Waals surface area contributed by atoms with E-state index in [0.717, 1.165) is 39.2 Å². The largest absolute Gasteiger partial charge is 0.464 e. The molecule has 0 aliphatic carbocycles. The van der Waals surface area contributed by atoms with E-state index in [-0.39, 0.29) is 5.91 Å². The number of para-hydroxylation sites is 1. The molecule has 0 bridgehead atoms. The number of fused-ring (bicyclic) bond motifs is 1. The highest BCUT2D eigenvalue weighted by Gasteiger charge is 2.15. The third-order valence-corrected chi connectivity index (χ3v) is 5.53. The average Bonchev–Trinajstić information content (AvgIpc) is 3.21. The van der Waals surface area contributed by atoms with E-state index in [0.29, 0.717) is 13.0 Å². The number of furan rings is 1. The highest BCUT2D eigenvalue weighted by Crippen LogP contribution is 2.25. The molecule has 1 amide bonds. The molecule has 0 radical (unpaired) electrons. The first kappa shape index (κ1) is 19.0. The Morgan fingerprint density at radius 1 is 1.07 bits per heavy atom. The molecule has 0 atom stereocenters. The summed E-state index contributed by atoms with van der Waals surface area (Å²) < 4.78 is 7.57. The van der Waals surface area contributed by atoms with E-state index in [1.54, 1.807) is 6.26 Å². The highest BCUT2D eigenvalue weighted by atomic mass is 16.3. The summed E-state index contributed by atoms with van der Waals surface area (Å²) in [5.74, 6) is -0.0304. The number of carbonyl (C=O) groups is 1. The van der Waals surface area contributed by atoms with Crippen molar-refractivity contribution in [2.45, 2.75) is 40.7 Å². The maximum Gasteiger partial charge on any atom is 0.224 e. The lowest BCUT2D eigenvalue weighted by Gasteiger charge is -2.07. The van der Waals surface area contributed by atoms with Crippen molar-refractivity contribution in [3.8, 4) is 5.69 Å². The van der Waals surface area contributed by atoms with Crippen LogP contribution in [0.4, 0.5) is 0 Å². The molecule has 2 aromatic carbocycles. The Morgan fingerprint density at radius 3 is 2.55 bits per heavy atom. The van der Waals surface area contributed by atoms with E-state index in [9.17, 15) is 4.79 Å². The van der Waals surface area contributed by atoms with Crippen molar-refractivity contribution in [3.63, 3.8) is 0 Å². The van der Waals surface area contributed by atoms with Gasteiger partial charge in [-0.1, -0.05) is 18.2 Å². The van der Waals surface area contributed by atoms with Crippen molar-refractivity contribution in [1.82, 2.24) is 15.1 Å². The van der Waals surface area contributed by atoms with Gasteiger partial charge in [0.2, 0.25) is 5.91 Å². The number of aromatic nitrogens is 2. The molecular weight excluding hydrogens is 362 g/mol. The molecule has 5 nitrogen and oxygen atoms in total. The number of carbonyl (C=O) groups excluding carboxylic acids is 1. The first-order valence-corrected chi connectivity index (χ1v) is 9.78. The minimum atomic E-state index is -0.0304. The second-order valence-corrected chi connectivity index (χ2v) is 7.54. The second-order valence-electron chi connectivity index (χ2n) is 7.54. The SMILES string of the molecule is Cc1cc2occ(CC(=O)NCc3c(C)nn(-c4ccccc4)c3C)c2cc1C. The molecule has 2 aromatic heterocycles. The van der Waals surface area contributed by atoms with Gasteiger partial charge in [-0.25, -0.2) is 4.68 Å². The van der Waals surface area contributed by atoms with Crippen molar-refractivity contribution in [2.24, 2.45) is 0 Å². The van der Waals surface area contributed by atoms with Gasteiger partial charge in [-0.15, -0.1) is 0 Å². The minimum absolute atomic E-state index is 0.0304. The lowest BCUT2D eigenvalue weighted by molar-refractivity contribution is -0.120. The summed E-state index contributed by atoms with van der Waals surface area (Å²) in [7, 11) is 0. The molecule has 0 saturated carbocycles. The lowest BCUT2D eigenvalue weighted by Crippen LogP contribution is -2.25. The monoisotopic (exact) mass is 387 g/mol. The summed E-state index contributed by atoms with van der Waals surface area (Å²) in [6.45, 7) is 8.59. The predicted octanol–water partition coefficient (Wildman–Crippen LogP) is 4.71. The normalized spacial score (nSPS) is 11.2. The summed E-state index contributed by atoms with van der Waals surface area (Å²) in [6, 6.07) is 14.1. The van der Waals surface area contributed by atoms with E-state index in [1.807, 2.05) is 54.9 Å². The lowest BCUT2D eigenvalue weighted by atomic mass is 10.0. The van der Waals surface area contributed by atoms with E-state index in [1.165, 1.54) is 11.1 Å². The fourth-order valence-corrected chi connectivity index (χ4v) is 3.65. The first-order valence-electron chi connectivity index (χ1n) is 9.78. The Kier molecular flexibility index (Phi) is 4.97. The molecule has 0 aliphatic heterocycles. The number of hydrogen-bond donors (Lipinski definition) is 1. The summed E-state index contributed by atoms with van der Waals surface area (Å²) in [5.41, 5.74) is 8.14. The Morgan fingerprint density at radius 2 is 1.79 bits per heavy atom. The molecule has 148 valence electrons. The zero-order valence-electron chi connectivity index (χ0n) is 17.2. The first-order chi connectivity index (χ1) is 13.9.